The molecule has 218 valence electrons. The topological polar surface area (TPSA) is 46.0 Å². The Bertz CT molecular complexity index is 1870. The van der Waals surface area contributed by atoms with Crippen LogP contribution in [0.2, 0.25) is 0 Å². The second kappa shape index (κ2) is 12.9. The minimum atomic E-state index is 0.215. The van der Waals surface area contributed by atoms with Crippen molar-refractivity contribution in [1.82, 2.24) is 9.97 Å². The monoisotopic (exact) mass is 592 g/mol. The Morgan fingerprint density at radius 1 is 0.568 bits per heavy atom. The molecule has 0 aliphatic carbocycles. The number of aromatic nitrogens is 2. The summed E-state index contributed by atoms with van der Waals surface area (Å²) in [7, 11) is 0. The number of phenols is 1. The molecule has 2 heterocycles. The van der Waals surface area contributed by atoms with Gasteiger partial charge in [0.2, 0.25) is 0 Å². The maximum atomic E-state index is 11.0. The highest BCUT2D eigenvalue weighted by Gasteiger charge is 2.18. The first-order valence-electron chi connectivity index (χ1n) is 15.1. The van der Waals surface area contributed by atoms with E-state index in [1.165, 1.54) is 11.1 Å². The number of para-hydroxylation sites is 1. The van der Waals surface area contributed by atoms with E-state index in [4.69, 9.17) is 4.98 Å². The smallest absolute Gasteiger partial charge is 0.124 e. The highest BCUT2D eigenvalue weighted by molar-refractivity contribution is 7.99. The van der Waals surface area contributed by atoms with E-state index >= 15 is 0 Å². The van der Waals surface area contributed by atoms with Crippen LogP contribution >= 0.6 is 11.8 Å². The minimum absolute atomic E-state index is 0.215. The van der Waals surface area contributed by atoms with Crippen LogP contribution in [-0.4, -0.2) is 15.1 Å². The number of nitrogens with zero attached hydrogens (tertiary/aromatic N) is 2. The Labute approximate surface area is 264 Å². The Kier molecular flexibility index (Phi) is 8.63. The maximum Gasteiger partial charge on any atom is 0.124 e. The molecule has 6 aromatic rings. The molecule has 0 saturated carbocycles. The number of hydrogen-bond acceptors (Lipinski definition) is 4. The average Bonchev–Trinajstić information content (AvgIpc) is 3.05. The lowest BCUT2D eigenvalue weighted by Gasteiger charge is -2.18. The fourth-order valence-corrected chi connectivity index (χ4v) is 6.24. The molecule has 6 rings (SSSR count). The normalized spacial score (nSPS) is 11.3. The largest absolute Gasteiger partial charge is 0.507 e. The van der Waals surface area contributed by atoms with E-state index in [1.807, 2.05) is 48.7 Å². The molecule has 0 aliphatic heterocycles. The van der Waals surface area contributed by atoms with Crippen LogP contribution in [0.1, 0.15) is 50.7 Å². The zero-order chi connectivity index (χ0) is 30.6. The molecule has 0 atom stereocenters. The SMILES string of the molecule is CC(C)c1cc(-c2ccc(-c3cc(Sc4ccccn4)cc(-c4ccccc4)c3)nc2-c2ccccc2O)cc(C(C)C)c1. The van der Waals surface area contributed by atoms with Crippen LogP contribution < -0.4 is 0 Å². The average molecular weight is 593 g/mol. The standard InChI is InChI=1S/C40H36N2OS/c1-26(2)29-20-30(27(3)4)22-32(21-29)35-17-18-37(42-40(35)36-14-8-9-15-38(36)43)33-23-31(28-12-6-5-7-13-28)24-34(25-33)44-39-16-10-11-19-41-39/h5-27,43H,1-4H3. The van der Waals surface area contributed by atoms with Gasteiger partial charge in [-0.1, -0.05) is 112 Å². The van der Waals surface area contributed by atoms with Gasteiger partial charge < -0.3 is 5.11 Å². The Balaban J connectivity index is 1.55. The molecule has 0 saturated heterocycles. The van der Waals surface area contributed by atoms with Crippen LogP contribution in [0.5, 0.6) is 5.75 Å². The molecule has 0 amide bonds. The molecule has 44 heavy (non-hydrogen) atoms. The van der Waals surface area contributed by atoms with E-state index in [0.717, 1.165) is 49.1 Å². The zero-order valence-corrected chi connectivity index (χ0v) is 26.3. The lowest BCUT2D eigenvalue weighted by Crippen LogP contribution is -1.98. The number of aromatic hydroxyl groups is 1. The van der Waals surface area contributed by atoms with Crippen molar-refractivity contribution in [2.75, 3.05) is 0 Å². The van der Waals surface area contributed by atoms with Crippen LogP contribution in [0.25, 0.3) is 44.8 Å². The van der Waals surface area contributed by atoms with Gasteiger partial charge in [0.05, 0.1) is 11.4 Å². The van der Waals surface area contributed by atoms with Crippen molar-refractivity contribution < 1.29 is 5.11 Å². The predicted octanol–water partition coefficient (Wildman–Crippen LogP) is 11.2. The van der Waals surface area contributed by atoms with Gasteiger partial charge in [0, 0.05) is 27.8 Å². The zero-order valence-electron chi connectivity index (χ0n) is 25.5. The van der Waals surface area contributed by atoms with Gasteiger partial charge in [0.1, 0.15) is 10.8 Å². The van der Waals surface area contributed by atoms with Gasteiger partial charge >= 0.3 is 0 Å². The van der Waals surface area contributed by atoms with Crippen molar-refractivity contribution in [3.05, 3.63) is 139 Å². The van der Waals surface area contributed by atoms with E-state index in [9.17, 15) is 5.11 Å². The molecule has 4 heteroatoms. The van der Waals surface area contributed by atoms with Gasteiger partial charge in [-0.05, 0) is 88.2 Å². The van der Waals surface area contributed by atoms with Crippen LogP contribution in [0.4, 0.5) is 0 Å². The van der Waals surface area contributed by atoms with Crippen LogP contribution in [-0.2, 0) is 0 Å². The summed E-state index contributed by atoms with van der Waals surface area (Å²) >= 11 is 1.64. The number of pyridine rings is 2. The summed E-state index contributed by atoms with van der Waals surface area (Å²) < 4.78 is 0. The molecule has 0 aliphatic rings. The van der Waals surface area contributed by atoms with E-state index < -0.39 is 0 Å². The van der Waals surface area contributed by atoms with Gasteiger partial charge in [0.15, 0.2) is 0 Å². The molecule has 4 aromatic carbocycles. The van der Waals surface area contributed by atoms with Gasteiger partial charge in [-0.3, -0.25) is 0 Å². The Morgan fingerprint density at radius 2 is 1.25 bits per heavy atom. The molecular weight excluding hydrogens is 557 g/mol. The van der Waals surface area contributed by atoms with Gasteiger partial charge in [0.25, 0.3) is 0 Å². The van der Waals surface area contributed by atoms with Gasteiger partial charge in [-0.2, -0.15) is 0 Å². The predicted molar refractivity (Wildman–Crippen MR) is 184 cm³/mol. The molecule has 0 bridgehead atoms. The van der Waals surface area contributed by atoms with Crippen molar-refractivity contribution in [3.63, 3.8) is 0 Å². The van der Waals surface area contributed by atoms with Crippen molar-refractivity contribution in [2.45, 2.75) is 49.5 Å². The fraction of sp³-hybridized carbons (Fsp3) is 0.150. The van der Waals surface area contributed by atoms with E-state index in [0.29, 0.717) is 17.4 Å². The van der Waals surface area contributed by atoms with Crippen molar-refractivity contribution >= 4 is 11.8 Å². The van der Waals surface area contributed by atoms with E-state index in [1.54, 1.807) is 17.8 Å². The molecule has 3 nitrogen and oxygen atoms in total. The molecule has 0 spiro atoms. The number of hydrogen-bond donors (Lipinski definition) is 1. The van der Waals surface area contributed by atoms with Crippen molar-refractivity contribution in [3.8, 4) is 50.5 Å². The second-order valence-corrected chi connectivity index (χ2v) is 12.8. The molecule has 0 radical (unpaired) electrons. The summed E-state index contributed by atoms with van der Waals surface area (Å²) in [5.41, 5.74) is 10.3. The molecular formula is C40H36N2OS. The molecule has 0 fully saturated rings. The first-order valence-corrected chi connectivity index (χ1v) is 15.9. The highest BCUT2D eigenvalue weighted by Crippen LogP contribution is 2.40. The van der Waals surface area contributed by atoms with Crippen molar-refractivity contribution in [2.24, 2.45) is 0 Å². The highest BCUT2D eigenvalue weighted by atomic mass is 32.2. The quantitative estimate of drug-likeness (QED) is 0.191. The molecule has 2 aromatic heterocycles. The third kappa shape index (κ3) is 6.46. The summed E-state index contributed by atoms with van der Waals surface area (Å²) in [6, 6.07) is 41.6. The Morgan fingerprint density at radius 3 is 1.93 bits per heavy atom. The lowest BCUT2D eigenvalue weighted by atomic mass is 9.89. The van der Waals surface area contributed by atoms with Crippen LogP contribution in [0.15, 0.2) is 137 Å². The molecule has 0 unspecified atom stereocenters. The first-order chi connectivity index (χ1) is 21.4. The minimum Gasteiger partial charge on any atom is -0.507 e. The summed E-state index contributed by atoms with van der Waals surface area (Å²) in [5.74, 6) is 1.000. The lowest BCUT2D eigenvalue weighted by molar-refractivity contribution is 0.477. The summed E-state index contributed by atoms with van der Waals surface area (Å²) in [6.45, 7) is 8.92. The molecule has 1 N–H and O–H groups in total. The van der Waals surface area contributed by atoms with Crippen LogP contribution in [0, 0.1) is 0 Å². The number of phenolic OH excluding ortho intramolecular Hbond substituents is 1. The third-order valence-corrected chi connectivity index (χ3v) is 8.77. The number of benzene rings is 4. The second-order valence-electron chi connectivity index (χ2n) is 11.7. The maximum absolute atomic E-state index is 11.0. The Hall–Kier alpha value is -4.67. The van der Waals surface area contributed by atoms with E-state index in [2.05, 4.69) is 105 Å². The van der Waals surface area contributed by atoms with Crippen LogP contribution in [0.3, 0.4) is 0 Å². The number of rotatable bonds is 8. The van der Waals surface area contributed by atoms with Crippen molar-refractivity contribution in [1.29, 1.82) is 0 Å². The third-order valence-electron chi connectivity index (χ3n) is 7.85. The van der Waals surface area contributed by atoms with Gasteiger partial charge in [-0.25, -0.2) is 9.97 Å². The summed E-state index contributed by atoms with van der Waals surface area (Å²) in [6.07, 6.45) is 1.82. The first kappa shape index (κ1) is 29.4. The fourth-order valence-electron chi connectivity index (χ4n) is 5.36. The van der Waals surface area contributed by atoms with Gasteiger partial charge in [-0.15, -0.1) is 0 Å². The van der Waals surface area contributed by atoms with E-state index in [-0.39, 0.29) is 5.75 Å². The summed E-state index contributed by atoms with van der Waals surface area (Å²) in [5, 5.41) is 12.0. The summed E-state index contributed by atoms with van der Waals surface area (Å²) in [4.78, 5) is 10.9.